The minimum absolute atomic E-state index is 0.0396. The number of morpholine rings is 1. The lowest BCUT2D eigenvalue weighted by Gasteiger charge is -2.35. The maximum Gasteiger partial charge on any atom is 0.240 e. The maximum absolute atomic E-state index is 13.4. The van der Waals surface area contributed by atoms with Gasteiger partial charge < -0.3 is 14.1 Å². The molecule has 28 heavy (non-hydrogen) atoms. The molecule has 0 amide bonds. The molecule has 1 aliphatic heterocycles. The molecule has 2 atom stereocenters. The SMILES string of the molecule is CC1CN(c2oc(-c3cccs3)nc2S(=O)(=O)c2ccc(Br)cc2)CC(C)O1. The second-order valence-electron chi connectivity index (χ2n) is 6.73. The van der Waals surface area contributed by atoms with Crippen LogP contribution in [0.4, 0.5) is 5.88 Å². The molecule has 1 aliphatic rings. The van der Waals surface area contributed by atoms with Crippen molar-refractivity contribution in [2.75, 3.05) is 18.0 Å². The summed E-state index contributed by atoms with van der Waals surface area (Å²) < 4.78 is 39.3. The van der Waals surface area contributed by atoms with Gasteiger partial charge in [0.1, 0.15) is 0 Å². The van der Waals surface area contributed by atoms with Crippen LogP contribution in [-0.2, 0) is 14.6 Å². The largest absolute Gasteiger partial charge is 0.418 e. The lowest BCUT2D eigenvalue weighted by atomic mass is 10.2. The number of thiophene rings is 1. The van der Waals surface area contributed by atoms with Gasteiger partial charge in [0.05, 0.1) is 22.0 Å². The van der Waals surface area contributed by atoms with Crippen molar-refractivity contribution in [1.82, 2.24) is 4.98 Å². The molecule has 1 fully saturated rings. The average molecular weight is 483 g/mol. The van der Waals surface area contributed by atoms with E-state index in [0.29, 0.717) is 19.0 Å². The summed E-state index contributed by atoms with van der Waals surface area (Å²) in [7, 11) is -3.84. The van der Waals surface area contributed by atoms with Crippen LogP contribution in [0.1, 0.15) is 13.8 Å². The van der Waals surface area contributed by atoms with Crippen LogP contribution < -0.4 is 4.90 Å². The number of hydrogen-bond donors (Lipinski definition) is 0. The van der Waals surface area contributed by atoms with Crippen LogP contribution in [0.3, 0.4) is 0 Å². The summed E-state index contributed by atoms with van der Waals surface area (Å²) in [4.78, 5) is 7.28. The predicted octanol–water partition coefficient (Wildman–Crippen LogP) is 4.61. The lowest BCUT2D eigenvalue weighted by Crippen LogP contribution is -2.45. The van der Waals surface area contributed by atoms with E-state index in [0.717, 1.165) is 9.35 Å². The van der Waals surface area contributed by atoms with Gasteiger partial charge in [-0.3, -0.25) is 0 Å². The molecule has 2 unspecified atom stereocenters. The van der Waals surface area contributed by atoms with Gasteiger partial charge in [-0.2, -0.15) is 4.98 Å². The zero-order valence-electron chi connectivity index (χ0n) is 15.3. The zero-order chi connectivity index (χ0) is 19.9. The Balaban J connectivity index is 1.84. The Morgan fingerprint density at radius 2 is 1.82 bits per heavy atom. The highest BCUT2D eigenvalue weighted by molar-refractivity contribution is 9.10. The average Bonchev–Trinajstić information content (AvgIpc) is 3.31. The Labute approximate surface area is 176 Å². The standard InChI is InChI=1S/C19H19BrN2O4S2/c1-12-10-22(11-13(2)25-12)19-18(21-17(26-19)16-4-3-9-27-16)28(23,24)15-7-5-14(20)6-8-15/h3-9,12-13H,10-11H2,1-2H3. The molecule has 2 aromatic heterocycles. The number of benzene rings is 1. The minimum Gasteiger partial charge on any atom is -0.418 e. The summed E-state index contributed by atoms with van der Waals surface area (Å²) in [6, 6.07) is 10.3. The van der Waals surface area contributed by atoms with Gasteiger partial charge in [0.15, 0.2) is 0 Å². The molecule has 9 heteroatoms. The first-order chi connectivity index (χ1) is 13.3. The van der Waals surface area contributed by atoms with Gasteiger partial charge in [-0.25, -0.2) is 8.42 Å². The van der Waals surface area contributed by atoms with E-state index in [4.69, 9.17) is 9.15 Å². The van der Waals surface area contributed by atoms with Crippen LogP contribution in [0.15, 0.2) is 60.6 Å². The first-order valence-electron chi connectivity index (χ1n) is 8.80. The third-order valence-electron chi connectivity index (χ3n) is 4.40. The minimum atomic E-state index is -3.84. The number of rotatable bonds is 4. The highest BCUT2D eigenvalue weighted by atomic mass is 79.9. The maximum atomic E-state index is 13.4. The fourth-order valence-electron chi connectivity index (χ4n) is 3.25. The third kappa shape index (κ3) is 3.76. The number of ether oxygens (including phenoxy) is 1. The van der Waals surface area contributed by atoms with Gasteiger partial charge in [-0.1, -0.05) is 22.0 Å². The number of sulfone groups is 1. The molecule has 3 heterocycles. The van der Waals surface area contributed by atoms with Crippen LogP contribution in [0.25, 0.3) is 10.8 Å². The molecule has 0 bridgehead atoms. The van der Waals surface area contributed by atoms with E-state index >= 15 is 0 Å². The van der Waals surface area contributed by atoms with Crippen molar-refractivity contribution in [3.8, 4) is 10.8 Å². The lowest BCUT2D eigenvalue weighted by molar-refractivity contribution is -0.00657. The Morgan fingerprint density at radius 1 is 1.14 bits per heavy atom. The Kier molecular flexibility index (Phi) is 5.34. The van der Waals surface area contributed by atoms with Gasteiger partial charge in [-0.05, 0) is 49.6 Å². The molecule has 0 aliphatic carbocycles. The summed E-state index contributed by atoms with van der Waals surface area (Å²) in [6.45, 7) is 4.99. The van der Waals surface area contributed by atoms with Crippen LogP contribution in [0.2, 0.25) is 0 Å². The first-order valence-corrected chi connectivity index (χ1v) is 12.0. The number of oxazole rings is 1. The van der Waals surface area contributed by atoms with E-state index in [-0.39, 0.29) is 28.0 Å². The highest BCUT2D eigenvalue weighted by Crippen LogP contribution is 2.37. The number of halogens is 1. The van der Waals surface area contributed by atoms with Crippen LogP contribution in [0.5, 0.6) is 0 Å². The second-order valence-corrected chi connectivity index (χ2v) is 10.5. The molecule has 0 saturated carbocycles. The molecule has 0 radical (unpaired) electrons. The van der Waals surface area contributed by atoms with Crippen LogP contribution in [-0.4, -0.2) is 38.7 Å². The van der Waals surface area contributed by atoms with Crippen molar-refractivity contribution in [3.05, 3.63) is 46.3 Å². The summed E-state index contributed by atoms with van der Waals surface area (Å²) >= 11 is 4.79. The topological polar surface area (TPSA) is 72.6 Å². The van der Waals surface area contributed by atoms with E-state index in [2.05, 4.69) is 20.9 Å². The molecule has 1 saturated heterocycles. The number of aromatic nitrogens is 1. The highest BCUT2D eigenvalue weighted by Gasteiger charge is 2.34. The van der Waals surface area contributed by atoms with E-state index in [1.807, 2.05) is 36.3 Å². The number of hydrogen-bond acceptors (Lipinski definition) is 7. The van der Waals surface area contributed by atoms with Crippen molar-refractivity contribution in [2.24, 2.45) is 0 Å². The summed E-state index contributed by atoms with van der Waals surface area (Å²) in [5.74, 6) is 0.584. The normalized spacial score (nSPS) is 20.5. The third-order valence-corrected chi connectivity index (χ3v) is 7.45. The summed E-state index contributed by atoms with van der Waals surface area (Å²) in [5.41, 5.74) is 0. The first kappa shape index (κ1) is 19.6. The predicted molar refractivity (Wildman–Crippen MR) is 112 cm³/mol. The van der Waals surface area contributed by atoms with E-state index in [1.165, 1.54) is 11.3 Å². The Morgan fingerprint density at radius 3 is 2.43 bits per heavy atom. The monoisotopic (exact) mass is 482 g/mol. The van der Waals surface area contributed by atoms with E-state index < -0.39 is 9.84 Å². The smallest absolute Gasteiger partial charge is 0.240 e. The number of anilines is 1. The van der Waals surface area contributed by atoms with Crippen LogP contribution in [0, 0.1) is 0 Å². The zero-order valence-corrected chi connectivity index (χ0v) is 18.6. The number of nitrogens with zero attached hydrogens (tertiary/aromatic N) is 2. The summed E-state index contributed by atoms with van der Waals surface area (Å²) in [5, 5.41) is 1.85. The molecule has 148 valence electrons. The van der Waals surface area contributed by atoms with Gasteiger partial charge in [0, 0.05) is 17.6 Å². The Hall–Kier alpha value is -1.68. The van der Waals surface area contributed by atoms with E-state index in [1.54, 1.807) is 24.3 Å². The van der Waals surface area contributed by atoms with E-state index in [9.17, 15) is 8.42 Å². The summed E-state index contributed by atoms with van der Waals surface area (Å²) in [6.07, 6.45) is -0.0791. The molecular formula is C19H19BrN2O4S2. The van der Waals surface area contributed by atoms with Gasteiger partial charge in [-0.15, -0.1) is 11.3 Å². The van der Waals surface area contributed by atoms with Crippen molar-refractivity contribution < 1.29 is 17.6 Å². The molecule has 3 aromatic rings. The van der Waals surface area contributed by atoms with Crippen LogP contribution >= 0.6 is 27.3 Å². The van der Waals surface area contributed by atoms with Crippen molar-refractivity contribution in [3.63, 3.8) is 0 Å². The molecule has 4 rings (SSSR count). The molecule has 0 spiro atoms. The van der Waals surface area contributed by atoms with Crippen molar-refractivity contribution in [2.45, 2.75) is 36.0 Å². The molecule has 6 nitrogen and oxygen atoms in total. The van der Waals surface area contributed by atoms with Gasteiger partial charge >= 0.3 is 0 Å². The molecule has 0 N–H and O–H groups in total. The molecule has 1 aromatic carbocycles. The van der Waals surface area contributed by atoms with Gasteiger partial charge in [0.25, 0.3) is 0 Å². The van der Waals surface area contributed by atoms with Crippen molar-refractivity contribution >= 4 is 43.0 Å². The second kappa shape index (κ2) is 7.62. The van der Waals surface area contributed by atoms with Gasteiger partial charge in [0.2, 0.25) is 26.6 Å². The fraction of sp³-hybridized carbons (Fsp3) is 0.316. The molecular weight excluding hydrogens is 464 g/mol. The van der Waals surface area contributed by atoms with Crippen molar-refractivity contribution in [1.29, 1.82) is 0 Å². The fourth-order valence-corrected chi connectivity index (χ4v) is 5.48. The Bertz CT molecular complexity index is 1050. The quantitative estimate of drug-likeness (QED) is 0.540.